The molecule has 9 nitrogen and oxygen atoms in total. The number of benzene rings is 2. The lowest BCUT2D eigenvalue weighted by atomic mass is 10.1. The number of nitrogens with zero attached hydrogens (tertiary/aromatic N) is 5. The van der Waals surface area contributed by atoms with E-state index in [0.717, 1.165) is 33.3 Å². The lowest BCUT2D eigenvalue weighted by molar-refractivity contribution is 0.371. The van der Waals surface area contributed by atoms with Crippen molar-refractivity contribution in [1.82, 2.24) is 25.1 Å². The summed E-state index contributed by atoms with van der Waals surface area (Å²) >= 11 is 0. The predicted molar refractivity (Wildman–Crippen MR) is 110 cm³/mol. The number of hydrogen-bond acceptors (Lipinski definition) is 7. The van der Waals surface area contributed by atoms with Crippen molar-refractivity contribution in [2.24, 2.45) is 16.7 Å². The van der Waals surface area contributed by atoms with Gasteiger partial charge in [0.15, 0.2) is 5.84 Å². The van der Waals surface area contributed by atoms with Crippen molar-refractivity contribution < 1.29 is 0 Å². The van der Waals surface area contributed by atoms with Crippen LogP contribution in [0, 0.1) is 0 Å². The van der Waals surface area contributed by atoms with Crippen molar-refractivity contribution in [3.63, 3.8) is 0 Å². The fourth-order valence-electron chi connectivity index (χ4n) is 2.94. The number of aromatic nitrogens is 4. The van der Waals surface area contributed by atoms with Gasteiger partial charge in [-0.1, -0.05) is 30.3 Å². The zero-order valence-electron chi connectivity index (χ0n) is 15.2. The van der Waals surface area contributed by atoms with E-state index >= 15 is 0 Å². The molecule has 2 aromatic carbocycles. The van der Waals surface area contributed by atoms with Crippen LogP contribution >= 0.6 is 0 Å². The van der Waals surface area contributed by atoms with Crippen molar-refractivity contribution in [1.29, 1.82) is 0 Å². The minimum atomic E-state index is 0.243. The number of nitrogen functional groups attached to an aromatic ring is 1. The molecule has 2 heterocycles. The fourth-order valence-corrected chi connectivity index (χ4v) is 2.94. The van der Waals surface area contributed by atoms with Gasteiger partial charge in [0.05, 0.1) is 11.0 Å². The smallest absolute Gasteiger partial charge is 0.219 e. The molecular weight excluding hydrogens is 354 g/mol. The van der Waals surface area contributed by atoms with Crippen LogP contribution in [-0.2, 0) is 0 Å². The number of imidazole rings is 1. The van der Waals surface area contributed by atoms with E-state index in [1.165, 1.54) is 5.12 Å². The van der Waals surface area contributed by atoms with Crippen LogP contribution in [0.5, 0.6) is 0 Å². The maximum Gasteiger partial charge on any atom is 0.219 e. The number of H-pyrrole nitrogens is 1. The number of amidine groups is 1. The van der Waals surface area contributed by atoms with Gasteiger partial charge >= 0.3 is 0 Å². The van der Waals surface area contributed by atoms with E-state index in [-0.39, 0.29) is 5.95 Å². The Labute approximate surface area is 160 Å². The highest BCUT2D eigenvalue weighted by Gasteiger charge is 2.13. The Hall–Kier alpha value is -3.98. The van der Waals surface area contributed by atoms with Crippen LogP contribution in [0.25, 0.3) is 33.5 Å². The quantitative estimate of drug-likeness (QED) is 0.184. The summed E-state index contributed by atoms with van der Waals surface area (Å²) < 4.78 is 0. The zero-order chi connectivity index (χ0) is 19.7. The maximum atomic E-state index is 6.10. The molecule has 0 radical (unpaired) electrons. The van der Waals surface area contributed by atoms with E-state index in [4.69, 9.17) is 22.3 Å². The molecule has 28 heavy (non-hydrogen) atoms. The van der Waals surface area contributed by atoms with E-state index in [9.17, 15) is 0 Å². The molecule has 0 saturated heterocycles. The molecule has 0 fully saturated rings. The van der Waals surface area contributed by atoms with Gasteiger partial charge in [0.1, 0.15) is 5.82 Å². The first kappa shape index (κ1) is 17.4. The Bertz CT molecular complexity index is 1160. The summed E-state index contributed by atoms with van der Waals surface area (Å²) in [6.07, 6.45) is 3.38. The predicted octanol–water partition coefficient (Wildman–Crippen LogP) is 1.69. The first-order valence-electron chi connectivity index (χ1n) is 8.51. The largest absolute Gasteiger partial charge is 0.382 e. The molecule has 9 heteroatoms. The van der Waals surface area contributed by atoms with Gasteiger partial charge in [-0.15, -0.1) is 5.10 Å². The second kappa shape index (κ2) is 6.97. The van der Waals surface area contributed by atoms with Crippen LogP contribution in [0.4, 0.5) is 5.95 Å². The zero-order valence-corrected chi connectivity index (χ0v) is 15.2. The summed E-state index contributed by atoms with van der Waals surface area (Å²) in [6.45, 7) is 0. The molecule has 0 bridgehead atoms. The second-order valence-corrected chi connectivity index (χ2v) is 6.25. The molecule has 0 amide bonds. The molecule has 2 aromatic heterocycles. The Balaban J connectivity index is 1.78. The van der Waals surface area contributed by atoms with Gasteiger partial charge in [-0.2, -0.15) is 0 Å². The highest BCUT2D eigenvalue weighted by Crippen LogP contribution is 2.27. The molecular formula is C19H19N9. The third kappa shape index (κ3) is 3.33. The lowest BCUT2D eigenvalue weighted by Gasteiger charge is -2.09. The van der Waals surface area contributed by atoms with Gasteiger partial charge in [-0.25, -0.2) is 25.9 Å². The Morgan fingerprint density at radius 2 is 1.82 bits per heavy atom. The molecule has 4 rings (SSSR count). The van der Waals surface area contributed by atoms with E-state index in [0.29, 0.717) is 11.7 Å². The summed E-state index contributed by atoms with van der Waals surface area (Å²) in [5.41, 5.74) is 16.8. The summed E-state index contributed by atoms with van der Waals surface area (Å²) in [5.74, 6) is 6.82. The average molecular weight is 373 g/mol. The number of anilines is 1. The minimum Gasteiger partial charge on any atom is -0.382 e. The van der Waals surface area contributed by atoms with Crippen molar-refractivity contribution in [2.45, 2.75) is 0 Å². The van der Waals surface area contributed by atoms with Crippen molar-refractivity contribution in [3.8, 4) is 22.5 Å². The third-order valence-electron chi connectivity index (χ3n) is 4.21. The number of nitrogens with one attached hydrogen (secondary N) is 1. The topological polar surface area (TPSA) is 148 Å². The number of hydrogen-bond donors (Lipinski definition) is 4. The van der Waals surface area contributed by atoms with Gasteiger partial charge in [0.2, 0.25) is 5.95 Å². The van der Waals surface area contributed by atoms with Crippen LogP contribution in [0.3, 0.4) is 0 Å². The molecule has 0 spiro atoms. The van der Waals surface area contributed by atoms with Crippen LogP contribution in [0.1, 0.15) is 5.56 Å². The molecule has 0 atom stereocenters. The summed E-state index contributed by atoms with van der Waals surface area (Å²) in [5, 5.41) is 5.26. The Morgan fingerprint density at radius 3 is 2.57 bits per heavy atom. The van der Waals surface area contributed by atoms with Crippen molar-refractivity contribution in [3.05, 3.63) is 60.4 Å². The summed E-state index contributed by atoms with van der Waals surface area (Å²) in [7, 11) is 1.61. The second-order valence-electron chi connectivity index (χ2n) is 6.25. The molecule has 140 valence electrons. The minimum absolute atomic E-state index is 0.243. The van der Waals surface area contributed by atoms with Crippen LogP contribution in [-0.4, -0.2) is 37.9 Å². The van der Waals surface area contributed by atoms with Gasteiger partial charge in [0, 0.05) is 36.1 Å². The summed E-state index contributed by atoms with van der Waals surface area (Å²) in [6, 6.07) is 13.5. The Morgan fingerprint density at radius 1 is 1.07 bits per heavy atom. The Kier molecular flexibility index (Phi) is 4.34. The van der Waals surface area contributed by atoms with Gasteiger partial charge in [-0.3, -0.25) is 0 Å². The van der Waals surface area contributed by atoms with Crippen molar-refractivity contribution in [2.75, 3.05) is 12.8 Å². The molecule has 0 unspecified atom stereocenters. The number of aromatic amines is 1. The van der Waals surface area contributed by atoms with E-state index in [1.807, 2.05) is 42.5 Å². The average Bonchev–Trinajstić information content (AvgIpc) is 3.11. The fraction of sp³-hybridized carbons (Fsp3) is 0.0526. The number of fused-ring (bicyclic) bond motifs is 1. The van der Waals surface area contributed by atoms with Crippen LogP contribution in [0.15, 0.2) is 60.0 Å². The van der Waals surface area contributed by atoms with Gasteiger partial charge < -0.3 is 16.5 Å². The van der Waals surface area contributed by atoms with E-state index < -0.39 is 0 Å². The molecule has 0 aliphatic carbocycles. The van der Waals surface area contributed by atoms with Crippen molar-refractivity contribution >= 4 is 22.8 Å². The van der Waals surface area contributed by atoms with Gasteiger partial charge in [-0.05, 0) is 17.7 Å². The highest BCUT2D eigenvalue weighted by molar-refractivity contribution is 6.03. The first-order valence-corrected chi connectivity index (χ1v) is 8.51. The summed E-state index contributed by atoms with van der Waals surface area (Å²) in [4.78, 5) is 16.1. The number of rotatable bonds is 4. The molecule has 0 aliphatic rings. The van der Waals surface area contributed by atoms with Gasteiger partial charge in [0.25, 0.3) is 0 Å². The highest BCUT2D eigenvalue weighted by atomic mass is 15.6. The third-order valence-corrected chi connectivity index (χ3v) is 4.21. The molecule has 4 aromatic rings. The first-order chi connectivity index (χ1) is 13.5. The van der Waals surface area contributed by atoms with E-state index in [2.05, 4.69) is 20.1 Å². The number of hydrazine groups is 1. The molecule has 7 N–H and O–H groups in total. The lowest BCUT2D eigenvalue weighted by Crippen LogP contribution is -2.26. The van der Waals surface area contributed by atoms with Crippen LogP contribution < -0.4 is 17.3 Å². The molecule has 0 saturated carbocycles. The van der Waals surface area contributed by atoms with Crippen LogP contribution in [0.2, 0.25) is 0 Å². The maximum absolute atomic E-state index is 6.10. The standard InChI is InChI=1S/C19H19N9/c1-28(22)27-17(20)13-4-2-3-5-14(13)18-25-15-7-6-11(8-16(15)26-18)12-9-23-19(21)24-10-12/h2-10H,22H2,1H3,(H2,20,27)(H,25,26)(H2,21,23,24). The monoisotopic (exact) mass is 373 g/mol. The normalized spacial score (nSPS) is 11.7. The molecule has 0 aliphatic heterocycles. The SMILES string of the molecule is CN(N)N=C(N)c1ccccc1-c1nc2ccc(-c3cnc(N)nc3)cc2[nH]1. The van der Waals surface area contributed by atoms with E-state index in [1.54, 1.807) is 19.4 Å². The number of nitrogens with two attached hydrogens (primary N) is 3. The number of hydrazone groups is 1.